The van der Waals surface area contributed by atoms with Crippen molar-refractivity contribution in [2.45, 2.75) is 30.3 Å². The number of rotatable bonds is 5. The third-order valence-corrected chi connectivity index (χ3v) is 9.37. The number of aromatic nitrogens is 2. The summed E-state index contributed by atoms with van der Waals surface area (Å²) in [6, 6.07) is 12.4. The number of halogens is 3. The summed E-state index contributed by atoms with van der Waals surface area (Å²) in [5.74, 6) is -0.106. The summed E-state index contributed by atoms with van der Waals surface area (Å²) in [5, 5.41) is 3.93. The van der Waals surface area contributed by atoms with Gasteiger partial charge in [-0.3, -0.25) is 9.36 Å². The number of carbonyl (C=O) groups excluding carboxylic acids is 1. The second-order valence-electron chi connectivity index (χ2n) is 9.08. The van der Waals surface area contributed by atoms with Crippen molar-refractivity contribution >= 4 is 66.7 Å². The number of hydrogen-bond donors (Lipinski definition) is 1. The van der Waals surface area contributed by atoms with Gasteiger partial charge in [0.05, 0.1) is 11.9 Å². The molecule has 36 heavy (non-hydrogen) atoms. The minimum atomic E-state index is -3.93. The summed E-state index contributed by atoms with van der Waals surface area (Å²) in [7, 11) is -3.93. The van der Waals surface area contributed by atoms with Gasteiger partial charge in [0, 0.05) is 40.6 Å². The molecule has 0 bridgehead atoms. The molecular weight excluding hydrogens is 589 g/mol. The van der Waals surface area contributed by atoms with Gasteiger partial charge >= 0.3 is 0 Å². The number of anilines is 2. The third kappa shape index (κ3) is 4.48. The minimum Gasteiger partial charge on any atom is -0.315 e. The zero-order valence-corrected chi connectivity index (χ0v) is 23.3. The molecule has 1 fully saturated rings. The number of nitrogens with one attached hydrogen (secondary N) is 1. The van der Waals surface area contributed by atoms with Gasteiger partial charge in [-0.25, -0.2) is 18.3 Å². The molecule has 1 atom stereocenters. The standard InChI is InChI=1S/C24H24BrCl2N5O3S/c1-24(14-16-3-5-17(25)6-4-16)22(33)31(20-12-18(26)11-19(27)13-20)23-29-15-21(32(23)24)36(34,35)30-9-2-7-28-8-10-30/h3-6,11-13,15,28H,2,7-10,14H2,1H3. The molecule has 1 N–H and O–H groups in total. The van der Waals surface area contributed by atoms with Crippen molar-refractivity contribution in [2.24, 2.45) is 0 Å². The summed E-state index contributed by atoms with van der Waals surface area (Å²) in [6.07, 6.45) is 2.30. The van der Waals surface area contributed by atoms with Crippen LogP contribution in [-0.2, 0) is 26.8 Å². The van der Waals surface area contributed by atoms with E-state index in [-0.39, 0.29) is 23.3 Å². The van der Waals surface area contributed by atoms with Crippen molar-refractivity contribution in [3.8, 4) is 0 Å². The molecule has 2 aliphatic heterocycles. The summed E-state index contributed by atoms with van der Waals surface area (Å²) in [4.78, 5) is 20.0. The van der Waals surface area contributed by atoms with Crippen LogP contribution in [-0.4, -0.2) is 54.4 Å². The highest BCUT2D eigenvalue weighted by atomic mass is 79.9. The number of amides is 1. The van der Waals surface area contributed by atoms with Crippen LogP contribution in [0.1, 0.15) is 18.9 Å². The van der Waals surface area contributed by atoms with E-state index in [2.05, 4.69) is 26.2 Å². The fraction of sp³-hybridized carbons (Fsp3) is 0.333. The molecule has 3 heterocycles. The van der Waals surface area contributed by atoms with Crippen molar-refractivity contribution in [3.05, 3.63) is 68.7 Å². The first-order valence-electron chi connectivity index (χ1n) is 11.5. The Morgan fingerprint density at radius 3 is 2.47 bits per heavy atom. The van der Waals surface area contributed by atoms with E-state index < -0.39 is 15.6 Å². The summed E-state index contributed by atoms with van der Waals surface area (Å²) < 4.78 is 31.6. The number of carbonyl (C=O) groups is 1. The minimum absolute atomic E-state index is 0.0111. The van der Waals surface area contributed by atoms with Crippen molar-refractivity contribution in [2.75, 3.05) is 31.1 Å². The molecule has 1 aromatic heterocycles. The SMILES string of the molecule is CC1(Cc2ccc(Br)cc2)C(=O)N(c2cc(Cl)cc(Cl)c2)c2ncc(S(=O)(=O)N3CCCNCC3)n21. The molecule has 1 unspecified atom stereocenters. The molecule has 5 rings (SSSR count). The highest BCUT2D eigenvalue weighted by molar-refractivity contribution is 9.10. The number of nitrogens with zero attached hydrogens (tertiary/aromatic N) is 4. The van der Waals surface area contributed by atoms with Gasteiger partial charge in [-0.1, -0.05) is 51.3 Å². The maximum absolute atomic E-state index is 14.1. The van der Waals surface area contributed by atoms with Crippen LogP contribution >= 0.6 is 39.1 Å². The maximum atomic E-state index is 14.1. The zero-order chi connectivity index (χ0) is 25.7. The Hall–Kier alpha value is -1.95. The van der Waals surface area contributed by atoms with Crippen molar-refractivity contribution < 1.29 is 13.2 Å². The fourth-order valence-electron chi connectivity index (χ4n) is 4.81. The van der Waals surface area contributed by atoms with Crippen molar-refractivity contribution in [1.82, 2.24) is 19.2 Å². The van der Waals surface area contributed by atoms with E-state index in [0.29, 0.717) is 41.8 Å². The van der Waals surface area contributed by atoms with E-state index >= 15 is 0 Å². The highest BCUT2D eigenvalue weighted by Crippen LogP contribution is 2.44. The Morgan fingerprint density at radius 2 is 1.78 bits per heavy atom. The summed E-state index contributed by atoms with van der Waals surface area (Å²) >= 11 is 15.9. The Morgan fingerprint density at radius 1 is 1.08 bits per heavy atom. The van der Waals surface area contributed by atoms with Crippen LogP contribution in [0, 0.1) is 0 Å². The van der Waals surface area contributed by atoms with Gasteiger partial charge in [-0.15, -0.1) is 0 Å². The summed E-state index contributed by atoms with van der Waals surface area (Å²) in [6.45, 7) is 3.79. The van der Waals surface area contributed by atoms with E-state index in [4.69, 9.17) is 23.2 Å². The Bertz CT molecular complexity index is 1400. The molecule has 8 nitrogen and oxygen atoms in total. The van der Waals surface area contributed by atoms with E-state index in [9.17, 15) is 13.2 Å². The molecule has 0 saturated carbocycles. The normalized spacial score (nSPS) is 21.0. The molecule has 3 aromatic rings. The van der Waals surface area contributed by atoms with Gasteiger partial charge in [0.25, 0.3) is 15.9 Å². The first-order valence-corrected chi connectivity index (χ1v) is 14.4. The van der Waals surface area contributed by atoms with Crippen LogP contribution in [0.25, 0.3) is 0 Å². The Labute approximate surface area is 228 Å². The lowest BCUT2D eigenvalue weighted by Crippen LogP contribution is -2.43. The predicted molar refractivity (Wildman–Crippen MR) is 144 cm³/mol. The van der Waals surface area contributed by atoms with E-state index in [1.807, 2.05) is 24.3 Å². The van der Waals surface area contributed by atoms with Gasteiger partial charge < -0.3 is 5.32 Å². The quantitative estimate of drug-likeness (QED) is 0.456. The van der Waals surface area contributed by atoms with Crippen LogP contribution < -0.4 is 10.2 Å². The first kappa shape index (κ1) is 25.7. The number of fused-ring (bicyclic) bond motifs is 1. The molecule has 2 aromatic carbocycles. The van der Waals surface area contributed by atoms with E-state index in [1.54, 1.807) is 29.7 Å². The first-order chi connectivity index (χ1) is 17.1. The molecule has 1 saturated heterocycles. The van der Waals surface area contributed by atoms with E-state index in [1.165, 1.54) is 15.4 Å². The van der Waals surface area contributed by atoms with Gasteiger partial charge in [-0.2, -0.15) is 4.31 Å². The Kier molecular flexibility index (Phi) is 6.95. The van der Waals surface area contributed by atoms with Gasteiger partial charge in [0.2, 0.25) is 5.95 Å². The Balaban J connectivity index is 1.67. The second-order valence-corrected chi connectivity index (χ2v) is 12.8. The molecular formula is C24H24BrCl2N5O3S. The zero-order valence-electron chi connectivity index (χ0n) is 19.4. The van der Waals surface area contributed by atoms with E-state index in [0.717, 1.165) is 16.6 Å². The maximum Gasteiger partial charge on any atom is 0.260 e. The lowest BCUT2D eigenvalue weighted by Gasteiger charge is -2.28. The van der Waals surface area contributed by atoms with Gasteiger partial charge in [-0.05, 0) is 55.8 Å². The van der Waals surface area contributed by atoms with Crippen LogP contribution in [0.3, 0.4) is 0 Å². The second kappa shape index (κ2) is 9.74. The largest absolute Gasteiger partial charge is 0.315 e. The highest BCUT2D eigenvalue weighted by Gasteiger charge is 2.52. The summed E-state index contributed by atoms with van der Waals surface area (Å²) in [5.41, 5.74) is 0.0369. The number of imidazole rings is 1. The smallest absolute Gasteiger partial charge is 0.260 e. The van der Waals surface area contributed by atoms with Crippen LogP contribution in [0.5, 0.6) is 0 Å². The van der Waals surface area contributed by atoms with Crippen molar-refractivity contribution in [3.63, 3.8) is 0 Å². The molecule has 0 radical (unpaired) electrons. The topological polar surface area (TPSA) is 87.5 Å². The molecule has 0 aliphatic carbocycles. The van der Waals surface area contributed by atoms with Crippen molar-refractivity contribution in [1.29, 1.82) is 0 Å². The number of benzene rings is 2. The molecule has 190 valence electrons. The molecule has 2 aliphatic rings. The predicted octanol–water partition coefficient (Wildman–Crippen LogP) is 4.57. The molecule has 1 amide bonds. The average molecular weight is 613 g/mol. The molecule has 12 heteroatoms. The van der Waals surface area contributed by atoms with Crippen LogP contribution in [0.2, 0.25) is 10.0 Å². The number of hydrogen-bond acceptors (Lipinski definition) is 5. The number of sulfonamides is 1. The molecule has 0 spiro atoms. The van der Waals surface area contributed by atoms with Gasteiger partial charge in [0.1, 0.15) is 5.54 Å². The average Bonchev–Trinajstić information content (AvgIpc) is 3.19. The lowest BCUT2D eigenvalue weighted by atomic mass is 9.92. The van der Waals surface area contributed by atoms with Crippen LogP contribution in [0.15, 0.2) is 58.2 Å². The van der Waals surface area contributed by atoms with Crippen LogP contribution in [0.4, 0.5) is 11.6 Å². The van der Waals surface area contributed by atoms with Gasteiger partial charge in [0.15, 0.2) is 5.03 Å². The third-order valence-electron chi connectivity index (χ3n) is 6.54. The fourth-order valence-corrected chi connectivity index (χ4v) is 7.25. The monoisotopic (exact) mass is 611 g/mol. The lowest BCUT2D eigenvalue weighted by molar-refractivity contribution is -0.124.